The van der Waals surface area contributed by atoms with Gasteiger partial charge in [0.15, 0.2) is 5.41 Å². The van der Waals surface area contributed by atoms with Crippen molar-refractivity contribution in [3.05, 3.63) is 59.7 Å². The van der Waals surface area contributed by atoms with E-state index in [0.29, 0.717) is 32.0 Å². The Hall–Kier alpha value is -3.60. The van der Waals surface area contributed by atoms with Crippen molar-refractivity contribution in [2.24, 2.45) is 5.41 Å². The van der Waals surface area contributed by atoms with Gasteiger partial charge in [0, 0.05) is 50.4 Å². The minimum Gasteiger partial charge on any atom is -0.406 e. The monoisotopic (exact) mass is 503 g/mol. The smallest absolute Gasteiger partial charge is 0.406 e. The van der Waals surface area contributed by atoms with Crippen LogP contribution >= 0.6 is 0 Å². The average molecular weight is 503 g/mol. The first-order chi connectivity index (χ1) is 17.1. The molecule has 2 fully saturated rings. The summed E-state index contributed by atoms with van der Waals surface area (Å²) in [6, 6.07) is 11.9. The number of halogens is 3. The number of benzene rings is 2. The minimum absolute atomic E-state index is 0.117. The van der Waals surface area contributed by atoms with Crippen LogP contribution in [0, 0.1) is 5.41 Å². The van der Waals surface area contributed by atoms with Crippen LogP contribution in [0.2, 0.25) is 0 Å². The number of carbonyl (C=O) groups excluding carboxylic acids is 3. The van der Waals surface area contributed by atoms with Gasteiger partial charge in [0.25, 0.3) is 5.91 Å². The largest absolute Gasteiger partial charge is 0.573 e. The first-order valence-corrected chi connectivity index (χ1v) is 11.5. The second-order valence-corrected chi connectivity index (χ2v) is 9.11. The number of nitrogens with zero attached hydrogens (tertiary/aromatic N) is 3. The third-order valence-electron chi connectivity index (χ3n) is 7.10. The number of anilines is 1. The second kappa shape index (κ2) is 8.81. The standard InChI is InChI=1S/C25H24F3N3O5/c1-29-20-5-3-2-4-18(20)19-14-31(21(32)16-6-8-17(9-7-16)36-25(26,27)28)15-24(19,22(29)33)23(34)30-10-12-35-13-11-30/h2-9,19H,10-15H2,1H3. The molecule has 2 atom stereocenters. The molecule has 0 bridgehead atoms. The van der Waals surface area contributed by atoms with Crippen molar-refractivity contribution in [2.75, 3.05) is 51.3 Å². The number of morpholine rings is 1. The summed E-state index contributed by atoms with van der Waals surface area (Å²) in [5.74, 6) is -2.22. The summed E-state index contributed by atoms with van der Waals surface area (Å²) in [5.41, 5.74) is 0.104. The molecule has 3 heterocycles. The van der Waals surface area contributed by atoms with Crippen molar-refractivity contribution in [3.8, 4) is 5.75 Å². The number of rotatable bonds is 3. The van der Waals surface area contributed by atoms with Crippen LogP contribution in [-0.2, 0) is 14.3 Å². The Bertz CT molecular complexity index is 1200. The Kier molecular flexibility index (Phi) is 5.90. The third kappa shape index (κ3) is 3.97. The van der Waals surface area contributed by atoms with Gasteiger partial charge in [-0.15, -0.1) is 13.2 Å². The molecular formula is C25H24F3N3O5. The Labute approximate surface area is 205 Å². The Morgan fingerprint density at radius 2 is 1.69 bits per heavy atom. The summed E-state index contributed by atoms with van der Waals surface area (Å²) in [7, 11) is 1.62. The van der Waals surface area contributed by atoms with Crippen LogP contribution in [0.25, 0.3) is 0 Å². The highest BCUT2D eigenvalue weighted by atomic mass is 19.4. The Morgan fingerprint density at radius 3 is 2.36 bits per heavy atom. The van der Waals surface area contributed by atoms with E-state index in [9.17, 15) is 27.6 Å². The molecule has 0 saturated carbocycles. The van der Waals surface area contributed by atoms with E-state index in [4.69, 9.17) is 4.74 Å². The van der Waals surface area contributed by atoms with Gasteiger partial charge in [-0.1, -0.05) is 18.2 Å². The average Bonchev–Trinajstić information content (AvgIpc) is 3.29. The summed E-state index contributed by atoms with van der Waals surface area (Å²) >= 11 is 0. The van der Waals surface area contributed by atoms with Gasteiger partial charge < -0.3 is 24.2 Å². The fraction of sp³-hybridized carbons (Fsp3) is 0.400. The molecule has 0 aromatic heterocycles. The molecule has 2 saturated heterocycles. The Balaban J connectivity index is 1.50. The molecule has 0 aliphatic carbocycles. The SMILES string of the molecule is CN1C(=O)C2(C(=O)N3CCOCC3)CN(C(=O)c3ccc(OC(F)(F)F)cc3)CC2c2ccccc21. The molecule has 3 aliphatic rings. The van der Waals surface area contributed by atoms with Gasteiger partial charge in [0.1, 0.15) is 5.75 Å². The lowest BCUT2D eigenvalue weighted by atomic mass is 9.69. The van der Waals surface area contributed by atoms with E-state index >= 15 is 0 Å². The van der Waals surface area contributed by atoms with Crippen LogP contribution in [0.3, 0.4) is 0 Å². The molecule has 3 amide bonds. The van der Waals surface area contributed by atoms with Crippen molar-refractivity contribution in [2.45, 2.75) is 12.3 Å². The predicted octanol–water partition coefficient (Wildman–Crippen LogP) is 2.65. The summed E-state index contributed by atoms with van der Waals surface area (Å²) in [6.45, 7) is 1.41. The first-order valence-electron chi connectivity index (χ1n) is 11.5. The van der Waals surface area contributed by atoms with Crippen LogP contribution in [0.4, 0.5) is 18.9 Å². The molecule has 2 aromatic carbocycles. The zero-order valence-corrected chi connectivity index (χ0v) is 19.5. The van der Waals surface area contributed by atoms with Crippen molar-refractivity contribution < 1.29 is 37.0 Å². The predicted molar refractivity (Wildman–Crippen MR) is 121 cm³/mol. The highest BCUT2D eigenvalue weighted by Gasteiger charge is 2.63. The summed E-state index contributed by atoms with van der Waals surface area (Å²) in [5, 5.41) is 0. The lowest BCUT2D eigenvalue weighted by molar-refractivity contribution is -0.274. The van der Waals surface area contributed by atoms with Gasteiger partial charge in [-0.3, -0.25) is 14.4 Å². The lowest BCUT2D eigenvalue weighted by Gasteiger charge is -2.44. The van der Waals surface area contributed by atoms with E-state index in [1.165, 1.54) is 21.9 Å². The summed E-state index contributed by atoms with van der Waals surface area (Å²) in [4.78, 5) is 45.8. The van der Waals surface area contributed by atoms with Crippen LogP contribution in [0.1, 0.15) is 21.8 Å². The quantitative estimate of drug-likeness (QED) is 0.602. The van der Waals surface area contributed by atoms with Crippen LogP contribution in [0.5, 0.6) is 5.75 Å². The fourth-order valence-corrected chi connectivity index (χ4v) is 5.42. The molecule has 5 rings (SSSR count). The number of fused-ring (bicyclic) bond motifs is 3. The number of hydrogen-bond acceptors (Lipinski definition) is 5. The molecule has 8 nitrogen and oxygen atoms in total. The normalized spacial score (nSPS) is 23.8. The summed E-state index contributed by atoms with van der Waals surface area (Å²) < 4.78 is 46.8. The number of likely N-dealkylation sites (tertiary alicyclic amines) is 1. The number of carbonyl (C=O) groups is 3. The first kappa shape index (κ1) is 24.1. The van der Waals surface area contributed by atoms with E-state index in [1.54, 1.807) is 18.0 Å². The number of para-hydroxylation sites is 1. The van der Waals surface area contributed by atoms with E-state index < -0.39 is 29.4 Å². The van der Waals surface area contributed by atoms with Gasteiger partial charge in [-0.25, -0.2) is 0 Å². The maximum atomic E-state index is 14.0. The molecule has 0 N–H and O–H groups in total. The molecular weight excluding hydrogens is 479 g/mol. The topological polar surface area (TPSA) is 79.4 Å². The van der Waals surface area contributed by atoms with Gasteiger partial charge in [0.05, 0.1) is 13.2 Å². The zero-order chi connectivity index (χ0) is 25.7. The number of amides is 3. The maximum absolute atomic E-state index is 14.0. The second-order valence-electron chi connectivity index (χ2n) is 9.11. The number of hydrogen-bond donors (Lipinski definition) is 0. The number of alkyl halides is 3. The van der Waals surface area contributed by atoms with Gasteiger partial charge in [-0.05, 0) is 35.9 Å². The molecule has 0 radical (unpaired) electrons. The van der Waals surface area contributed by atoms with Gasteiger partial charge in [-0.2, -0.15) is 0 Å². The van der Waals surface area contributed by atoms with E-state index in [0.717, 1.165) is 17.7 Å². The number of ether oxygens (including phenoxy) is 2. The van der Waals surface area contributed by atoms with Crippen molar-refractivity contribution in [3.63, 3.8) is 0 Å². The van der Waals surface area contributed by atoms with E-state index in [-0.39, 0.29) is 30.5 Å². The lowest BCUT2D eigenvalue weighted by Crippen LogP contribution is -2.60. The van der Waals surface area contributed by atoms with Crippen LogP contribution < -0.4 is 9.64 Å². The molecule has 36 heavy (non-hydrogen) atoms. The van der Waals surface area contributed by atoms with Crippen molar-refractivity contribution >= 4 is 23.4 Å². The molecule has 190 valence electrons. The molecule has 2 unspecified atom stereocenters. The molecule has 0 spiro atoms. The zero-order valence-electron chi connectivity index (χ0n) is 19.5. The molecule has 3 aliphatic heterocycles. The van der Waals surface area contributed by atoms with E-state index in [1.807, 2.05) is 18.2 Å². The van der Waals surface area contributed by atoms with Crippen LogP contribution in [-0.4, -0.2) is 80.3 Å². The minimum atomic E-state index is -4.85. The van der Waals surface area contributed by atoms with Crippen molar-refractivity contribution in [1.82, 2.24) is 9.80 Å². The van der Waals surface area contributed by atoms with Crippen molar-refractivity contribution in [1.29, 1.82) is 0 Å². The third-order valence-corrected chi connectivity index (χ3v) is 7.10. The molecule has 2 aromatic rings. The highest BCUT2D eigenvalue weighted by Crippen LogP contribution is 2.52. The van der Waals surface area contributed by atoms with E-state index in [2.05, 4.69) is 4.74 Å². The fourth-order valence-electron chi connectivity index (χ4n) is 5.42. The highest BCUT2D eigenvalue weighted by molar-refractivity contribution is 6.16. The maximum Gasteiger partial charge on any atom is 0.573 e. The van der Waals surface area contributed by atoms with Gasteiger partial charge >= 0.3 is 6.36 Å². The summed E-state index contributed by atoms with van der Waals surface area (Å²) in [6.07, 6.45) is -4.85. The molecule has 11 heteroatoms. The van der Waals surface area contributed by atoms with Gasteiger partial charge in [0.2, 0.25) is 11.8 Å². The van der Waals surface area contributed by atoms with Crippen LogP contribution in [0.15, 0.2) is 48.5 Å². The Morgan fingerprint density at radius 1 is 1.03 bits per heavy atom.